The molecule has 0 saturated heterocycles. The van der Waals surface area contributed by atoms with Crippen LogP contribution in [0.3, 0.4) is 0 Å². The molecule has 2 N–H and O–H groups in total. The molecule has 0 aliphatic heterocycles. The smallest absolute Gasteiger partial charge is 0.152 e. The Morgan fingerprint density at radius 2 is 1.89 bits per heavy atom. The minimum Gasteiger partial charge on any atom is -0.396 e. The van der Waals surface area contributed by atoms with Gasteiger partial charge in [0.2, 0.25) is 0 Å². The zero-order valence-corrected chi connectivity index (χ0v) is 12.0. The van der Waals surface area contributed by atoms with Gasteiger partial charge in [0.1, 0.15) is 0 Å². The van der Waals surface area contributed by atoms with Gasteiger partial charge in [0.15, 0.2) is 5.82 Å². The van der Waals surface area contributed by atoms with Gasteiger partial charge in [-0.25, -0.2) is 4.98 Å². The van der Waals surface area contributed by atoms with Crippen LogP contribution in [0.2, 0.25) is 0 Å². The summed E-state index contributed by atoms with van der Waals surface area (Å²) in [6.45, 7) is 6.74. The van der Waals surface area contributed by atoms with Crippen LogP contribution >= 0.6 is 0 Å². The van der Waals surface area contributed by atoms with Crippen LogP contribution in [0.5, 0.6) is 0 Å². The number of pyridine rings is 1. The van der Waals surface area contributed by atoms with Crippen LogP contribution in [0, 0.1) is 12.3 Å². The van der Waals surface area contributed by atoms with Crippen LogP contribution in [0.15, 0.2) is 12.1 Å². The molecule has 1 aromatic rings. The highest BCUT2D eigenvalue weighted by atomic mass is 15.2. The fourth-order valence-electron chi connectivity index (χ4n) is 2.78. The summed E-state index contributed by atoms with van der Waals surface area (Å²) >= 11 is 0. The third kappa shape index (κ3) is 2.77. The van der Waals surface area contributed by atoms with Crippen molar-refractivity contribution in [2.24, 2.45) is 5.41 Å². The van der Waals surface area contributed by atoms with Gasteiger partial charge in [0, 0.05) is 18.8 Å². The Labute approximate surface area is 110 Å². The van der Waals surface area contributed by atoms with Crippen molar-refractivity contribution in [3.05, 3.63) is 17.8 Å². The maximum atomic E-state index is 6.05. The lowest BCUT2D eigenvalue weighted by molar-refractivity contribution is 0.222. The van der Waals surface area contributed by atoms with E-state index in [4.69, 9.17) is 5.73 Å². The van der Waals surface area contributed by atoms with E-state index in [0.717, 1.165) is 17.2 Å². The quantitative estimate of drug-likeness (QED) is 0.871. The highest BCUT2D eigenvalue weighted by molar-refractivity contribution is 5.63. The molecular weight excluding hydrogens is 222 g/mol. The molecule has 0 radical (unpaired) electrons. The number of aromatic nitrogens is 1. The third-order valence-corrected chi connectivity index (χ3v) is 4.24. The Bertz CT molecular complexity index is 416. The molecule has 0 bridgehead atoms. The number of hydrogen-bond donors (Lipinski definition) is 1. The first-order valence-electron chi connectivity index (χ1n) is 6.85. The van der Waals surface area contributed by atoms with Crippen molar-refractivity contribution in [1.82, 2.24) is 4.98 Å². The fourth-order valence-corrected chi connectivity index (χ4v) is 2.78. The van der Waals surface area contributed by atoms with E-state index in [1.54, 1.807) is 0 Å². The van der Waals surface area contributed by atoms with Gasteiger partial charge in [-0.05, 0) is 50.2 Å². The summed E-state index contributed by atoms with van der Waals surface area (Å²) < 4.78 is 0. The van der Waals surface area contributed by atoms with Crippen molar-refractivity contribution in [3.8, 4) is 0 Å². The van der Waals surface area contributed by atoms with Crippen molar-refractivity contribution in [3.63, 3.8) is 0 Å². The van der Waals surface area contributed by atoms with Crippen LogP contribution in [-0.4, -0.2) is 18.1 Å². The monoisotopic (exact) mass is 247 g/mol. The summed E-state index contributed by atoms with van der Waals surface area (Å²) in [4.78, 5) is 6.86. The third-order valence-electron chi connectivity index (χ3n) is 4.24. The van der Waals surface area contributed by atoms with E-state index < -0.39 is 0 Å². The maximum absolute atomic E-state index is 6.05. The maximum Gasteiger partial charge on any atom is 0.152 e. The molecule has 2 rings (SSSR count). The predicted octanol–water partition coefficient (Wildman–Crippen LogP) is 3.38. The molecule has 1 saturated carbocycles. The zero-order chi connectivity index (χ0) is 13.3. The van der Waals surface area contributed by atoms with Gasteiger partial charge in [0.05, 0.1) is 5.69 Å². The largest absolute Gasteiger partial charge is 0.396 e. The molecule has 0 spiro atoms. The zero-order valence-electron chi connectivity index (χ0n) is 12.0. The molecule has 1 aliphatic carbocycles. The fraction of sp³-hybridized carbons (Fsp3) is 0.667. The second-order valence-corrected chi connectivity index (χ2v) is 6.37. The molecule has 0 amide bonds. The number of rotatable bonds is 2. The second kappa shape index (κ2) is 4.79. The van der Waals surface area contributed by atoms with E-state index in [-0.39, 0.29) is 0 Å². The highest BCUT2D eigenvalue weighted by Crippen LogP contribution is 2.38. The molecule has 1 aromatic heterocycles. The summed E-state index contributed by atoms with van der Waals surface area (Å²) in [6, 6.07) is 4.51. The van der Waals surface area contributed by atoms with E-state index in [9.17, 15) is 0 Å². The molecule has 0 aromatic carbocycles. The molecule has 1 heterocycles. The van der Waals surface area contributed by atoms with E-state index in [1.165, 1.54) is 25.7 Å². The van der Waals surface area contributed by atoms with E-state index >= 15 is 0 Å². The van der Waals surface area contributed by atoms with E-state index in [2.05, 4.69) is 30.8 Å². The SMILES string of the molecule is Cc1ccc(N)c(N(C)C2CCC(C)(C)CC2)n1. The first kappa shape index (κ1) is 13.2. The van der Waals surface area contributed by atoms with Gasteiger partial charge in [-0.15, -0.1) is 0 Å². The topological polar surface area (TPSA) is 42.1 Å². The average molecular weight is 247 g/mol. The number of nitrogen functional groups attached to an aromatic ring is 1. The second-order valence-electron chi connectivity index (χ2n) is 6.37. The summed E-state index contributed by atoms with van der Waals surface area (Å²) in [7, 11) is 2.13. The van der Waals surface area contributed by atoms with Gasteiger partial charge in [-0.2, -0.15) is 0 Å². The standard InChI is InChI=1S/C15H25N3/c1-11-5-6-13(16)14(17-11)18(4)12-7-9-15(2,3)10-8-12/h5-6,12H,7-10,16H2,1-4H3. The molecule has 0 atom stereocenters. The Morgan fingerprint density at radius 3 is 2.50 bits per heavy atom. The van der Waals surface area contributed by atoms with Gasteiger partial charge in [-0.1, -0.05) is 13.8 Å². The van der Waals surface area contributed by atoms with Crippen LogP contribution in [0.25, 0.3) is 0 Å². The van der Waals surface area contributed by atoms with Gasteiger partial charge in [0.25, 0.3) is 0 Å². The lowest BCUT2D eigenvalue weighted by atomic mass is 9.75. The van der Waals surface area contributed by atoms with Crippen molar-refractivity contribution in [2.75, 3.05) is 17.7 Å². The lowest BCUT2D eigenvalue weighted by Gasteiger charge is -2.39. The van der Waals surface area contributed by atoms with Crippen LogP contribution in [0.4, 0.5) is 11.5 Å². The average Bonchev–Trinajstić information content (AvgIpc) is 2.31. The van der Waals surface area contributed by atoms with Crippen LogP contribution < -0.4 is 10.6 Å². The molecule has 18 heavy (non-hydrogen) atoms. The molecule has 1 fully saturated rings. The Balaban J connectivity index is 2.12. The summed E-state index contributed by atoms with van der Waals surface area (Å²) in [5, 5.41) is 0. The number of nitrogens with zero attached hydrogens (tertiary/aromatic N) is 2. The summed E-state index contributed by atoms with van der Waals surface area (Å²) in [6.07, 6.45) is 5.04. The minimum absolute atomic E-state index is 0.503. The normalized spacial score (nSPS) is 19.8. The van der Waals surface area contributed by atoms with Crippen molar-refractivity contribution < 1.29 is 0 Å². The van der Waals surface area contributed by atoms with Crippen LogP contribution in [-0.2, 0) is 0 Å². The van der Waals surface area contributed by atoms with Gasteiger partial charge in [-0.3, -0.25) is 0 Å². The number of hydrogen-bond acceptors (Lipinski definition) is 3. The van der Waals surface area contributed by atoms with Crippen molar-refractivity contribution in [2.45, 2.75) is 52.5 Å². The summed E-state index contributed by atoms with van der Waals surface area (Å²) in [5.74, 6) is 0.944. The number of aryl methyl sites for hydroxylation is 1. The van der Waals surface area contributed by atoms with Gasteiger partial charge >= 0.3 is 0 Å². The molecular formula is C15H25N3. The van der Waals surface area contributed by atoms with Gasteiger partial charge < -0.3 is 10.6 Å². The summed E-state index contributed by atoms with van der Waals surface area (Å²) in [5.41, 5.74) is 8.36. The molecule has 3 heteroatoms. The first-order chi connectivity index (χ1) is 8.39. The Hall–Kier alpha value is -1.25. The predicted molar refractivity (Wildman–Crippen MR) is 77.8 cm³/mol. The molecule has 100 valence electrons. The molecule has 1 aliphatic rings. The Kier molecular flexibility index (Phi) is 3.51. The van der Waals surface area contributed by atoms with E-state index in [1.807, 2.05) is 19.1 Å². The first-order valence-corrected chi connectivity index (χ1v) is 6.85. The van der Waals surface area contributed by atoms with E-state index in [0.29, 0.717) is 11.5 Å². The Morgan fingerprint density at radius 1 is 1.28 bits per heavy atom. The highest BCUT2D eigenvalue weighted by Gasteiger charge is 2.29. The van der Waals surface area contributed by atoms with Crippen LogP contribution in [0.1, 0.15) is 45.2 Å². The number of nitrogens with two attached hydrogens (primary N) is 1. The van der Waals surface area contributed by atoms with Crippen molar-refractivity contribution in [1.29, 1.82) is 0 Å². The molecule has 0 unspecified atom stereocenters. The lowest BCUT2D eigenvalue weighted by Crippen LogP contribution is -2.38. The number of anilines is 2. The molecule has 3 nitrogen and oxygen atoms in total. The van der Waals surface area contributed by atoms with Crippen molar-refractivity contribution >= 4 is 11.5 Å². The minimum atomic E-state index is 0.503.